The summed E-state index contributed by atoms with van der Waals surface area (Å²) in [6.45, 7) is 3.69. The molecule has 8 nitrogen and oxygen atoms in total. The molecule has 1 saturated heterocycles. The van der Waals surface area contributed by atoms with Crippen LogP contribution in [-0.2, 0) is 0 Å². The van der Waals surface area contributed by atoms with Crippen molar-refractivity contribution in [3.63, 3.8) is 0 Å². The summed E-state index contributed by atoms with van der Waals surface area (Å²) in [6, 6.07) is 7.79. The number of pyridine rings is 2. The minimum absolute atomic E-state index is 0. The van der Waals surface area contributed by atoms with Crippen molar-refractivity contribution < 1.29 is 9.84 Å². The Morgan fingerprint density at radius 2 is 2.13 bits per heavy atom. The molecule has 2 atom stereocenters. The summed E-state index contributed by atoms with van der Waals surface area (Å²) >= 11 is 0. The van der Waals surface area contributed by atoms with Gasteiger partial charge in [0.1, 0.15) is 17.6 Å². The molecule has 3 aromatic heterocycles. The highest BCUT2D eigenvalue weighted by atomic mass is 35.5. The lowest BCUT2D eigenvalue weighted by molar-refractivity contribution is 0.131. The second-order valence-electron chi connectivity index (χ2n) is 6.86. The summed E-state index contributed by atoms with van der Waals surface area (Å²) in [5.41, 5.74) is 8.80. The minimum Gasteiger partial charge on any atom is -0.492 e. The lowest BCUT2D eigenvalue weighted by atomic mass is 10.0. The molecule has 1 aliphatic rings. The number of anilines is 1. The maximum Gasteiger partial charge on any atom is 0.138 e. The Kier molecular flexibility index (Phi) is 7.87. The van der Waals surface area contributed by atoms with E-state index in [1.807, 2.05) is 30.0 Å². The number of piperidine rings is 1. The molecule has 0 bridgehead atoms. The van der Waals surface area contributed by atoms with Gasteiger partial charge in [-0.25, -0.2) is 9.50 Å². The van der Waals surface area contributed by atoms with Crippen molar-refractivity contribution in [3.05, 3.63) is 42.4 Å². The highest BCUT2D eigenvalue weighted by Crippen LogP contribution is 2.31. The molecule has 3 N–H and O–H groups in total. The van der Waals surface area contributed by atoms with Gasteiger partial charge in [0.15, 0.2) is 0 Å². The quantitative estimate of drug-likeness (QED) is 0.627. The van der Waals surface area contributed by atoms with E-state index in [1.165, 1.54) is 0 Å². The monoisotopic (exact) mass is 450 g/mol. The number of hydrogen-bond donors (Lipinski definition) is 2. The van der Waals surface area contributed by atoms with Crippen molar-refractivity contribution >= 4 is 36.1 Å². The van der Waals surface area contributed by atoms with Crippen molar-refractivity contribution in [2.24, 2.45) is 5.73 Å². The Morgan fingerprint density at radius 1 is 1.33 bits per heavy atom. The summed E-state index contributed by atoms with van der Waals surface area (Å²) in [5, 5.41) is 23.7. The molecule has 0 amide bonds. The van der Waals surface area contributed by atoms with Crippen LogP contribution in [0, 0.1) is 11.3 Å². The van der Waals surface area contributed by atoms with Crippen LogP contribution in [0.5, 0.6) is 5.75 Å². The van der Waals surface area contributed by atoms with Gasteiger partial charge < -0.3 is 20.5 Å². The Bertz CT molecular complexity index is 1030. The van der Waals surface area contributed by atoms with Crippen LogP contribution in [0.4, 0.5) is 5.82 Å². The molecule has 10 heteroatoms. The molecular formula is C20H24Cl2N6O2. The first-order chi connectivity index (χ1) is 13.6. The Hall–Kier alpha value is -2.57. The molecule has 0 radical (unpaired) electrons. The number of halogens is 2. The lowest BCUT2D eigenvalue weighted by Gasteiger charge is -2.34. The number of nitrogens with zero attached hydrogens (tertiary/aromatic N) is 5. The standard InChI is InChI=1S/C20H22N6O2.2ClH/c1-2-28-15-7-16(20-14(8-21)10-24-26(20)11-15)13-3-4-19(23-9-13)25-6-5-17(22)18(27)12-25;;/h3-4,7,9-11,17-18,27H,2,5-6,12,22H2,1H3;2*1H/t17-,18+;;/m0../s1. The number of fused-ring (bicyclic) bond motifs is 1. The molecule has 160 valence electrons. The average Bonchev–Trinajstić information content (AvgIpc) is 3.13. The zero-order valence-corrected chi connectivity index (χ0v) is 18.1. The van der Waals surface area contributed by atoms with Crippen LogP contribution >= 0.6 is 24.8 Å². The van der Waals surface area contributed by atoms with E-state index in [-0.39, 0.29) is 30.9 Å². The Balaban J connectivity index is 0.00000160. The second kappa shape index (κ2) is 9.96. The first-order valence-electron chi connectivity index (χ1n) is 9.30. The number of aliphatic hydroxyl groups is 1. The van der Waals surface area contributed by atoms with Gasteiger partial charge in [-0.2, -0.15) is 10.4 Å². The van der Waals surface area contributed by atoms with E-state index >= 15 is 0 Å². The van der Waals surface area contributed by atoms with E-state index in [0.717, 1.165) is 35.4 Å². The molecule has 0 saturated carbocycles. The first-order valence-corrected chi connectivity index (χ1v) is 9.30. The van der Waals surface area contributed by atoms with Gasteiger partial charge in [-0.05, 0) is 31.5 Å². The molecule has 0 aliphatic carbocycles. The normalized spacial score (nSPS) is 18.3. The van der Waals surface area contributed by atoms with Crippen LogP contribution in [-0.4, -0.2) is 51.5 Å². The molecule has 4 heterocycles. The predicted molar refractivity (Wildman–Crippen MR) is 120 cm³/mol. The summed E-state index contributed by atoms with van der Waals surface area (Å²) in [5.74, 6) is 1.47. The molecule has 1 aliphatic heterocycles. The van der Waals surface area contributed by atoms with Crippen LogP contribution in [0.25, 0.3) is 16.6 Å². The van der Waals surface area contributed by atoms with Gasteiger partial charge in [0.2, 0.25) is 0 Å². The van der Waals surface area contributed by atoms with Crippen molar-refractivity contribution in [1.29, 1.82) is 5.26 Å². The van der Waals surface area contributed by atoms with Crippen LogP contribution < -0.4 is 15.4 Å². The summed E-state index contributed by atoms with van der Waals surface area (Å²) < 4.78 is 7.31. The largest absolute Gasteiger partial charge is 0.492 e. The van der Waals surface area contributed by atoms with Crippen molar-refractivity contribution in [2.75, 3.05) is 24.6 Å². The number of ether oxygens (including phenoxy) is 1. The lowest BCUT2D eigenvalue weighted by Crippen LogP contribution is -2.50. The predicted octanol–water partition coefficient (Wildman–Crippen LogP) is 2.41. The van der Waals surface area contributed by atoms with Crippen LogP contribution in [0.1, 0.15) is 18.9 Å². The maximum absolute atomic E-state index is 10.0. The molecule has 0 spiro atoms. The van der Waals surface area contributed by atoms with Gasteiger partial charge in [-0.1, -0.05) is 0 Å². The van der Waals surface area contributed by atoms with Gasteiger partial charge in [0, 0.05) is 36.5 Å². The Morgan fingerprint density at radius 3 is 2.77 bits per heavy atom. The van der Waals surface area contributed by atoms with E-state index < -0.39 is 6.10 Å². The average molecular weight is 451 g/mol. The second-order valence-corrected chi connectivity index (χ2v) is 6.86. The number of nitrogens with two attached hydrogens (primary N) is 1. The third kappa shape index (κ3) is 4.45. The van der Waals surface area contributed by atoms with E-state index in [2.05, 4.69) is 16.2 Å². The highest BCUT2D eigenvalue weighted by molar-refractivity contribution is 5.86. The topological polar surface area (TPSA) is 113 Å². The minimum atomic E-state index is -0.553. The SMILES string of the molecule is CCOc1cc(-c2ccc(N3CC[C@H](N)[C@H](O)C3)nc2)c2c(C#N)cnn2c1.Cl.Cl. The van der Waals surface area contributed by atoms with Gasteiger partial charge in [0.25, 0.3) is 0 Å². The highest BCUT2D eigenvalue weighted by Gasteiger charge is 2.25. The van der Waals surface area contributed by atoms with Crippen molar-refractivity contribution in [3.8, 4) is 22.9 Å². The molecule has 0 unspecified atom stereocenters. The zero-order valence-electron chi connectivity index (χ0n) is 16.4. The van der Waals surface area contributed by atoms with E-state index in [0.29, 0.717) is 24.5 Å². The number of aliphatic hydroxyl groups excluding tert-OH is 1. The fourth-order valence-corrected chi connectivity index (χ4v) is 3.53. The summed E-state index contributed by atoms with van der Waals surface area (Å²) in [4.78, 5) is 6.61. The summed E-state index contributed by atoms with van der Waals surface area (Å²) in [6.07, 6.45) is 5.26. The number of nitriles is 1. The molecular weight excluding hydrogens is 427 g/mol. The number of hydrogen-bond acceptors (Lipinski definition) is 7. The fraction of sp³-hybridized carbons (Fsp3) is 0.350. The van der Waals surface area contributed by atoms with Gasteiger partial charge in [-0.3, -0.25) is 0 Å². The van der Waals surface area contributed by atoms with Crippen molar-refractivity contribution in [1.82, 2.24) is 14.6 Å². The molecule has 0 aromatic carbocycles. The van der Waals surface area contributed by atoms with Gasteiger partial charge in [0.05, 0.1) is 36.2 Å². The van der Waals surface area contributed by atoms with Gasteiger partial charge in [-0.15, -0.1) is 24.8 Å². The number of rotatable bonds is 4. The molecule has 1 fully saturated rings. The number of aromatic nitrogens is 3. The molecule has 3 aromatic rings. The van der Waals surface area contributed by atoms with Crippen LogP contribution in [0.15, 0.2) is 36.8 Å². The first kappa shape index (κ1) is 23.7. The number of β-amino-alcohol motifs (C(OH)–C–C–N with tert-alkyl or cyclic N) is 1. The molecule has 4 rings (SSSR count). The maximum atomic E-state index is 10.0. The van der Waals surface area contributed by atoms with Crippen LogP contribution in [0.2, 0.25) is 0 Å². The van der Waals surface area contributed by atoms with E-state index in [4.69, 9.17) is 10.5 Å². The third-order valence-corrected chi connectivity index (χ3v) is 5.04. The van der Waals surface area contributed by atoms with Gasteiger partial charge >= 0.3 is 0 Å². The van der Waals surface area contributed by atoms with Crippen molar-refractivity contribution in [2.45, 2.75) is 25.5 Å². The van der Waals surface area contributed by atoms with E-state index in [9.17, 15) is 10.4 Å². The smallest absolute Gasteiger partial charge is 0.138 e. The Labute approximate surface area is 187 Å². The fourth-order valence-electron chi connectivity index (χ4n) is 3.53. The summed E-state index contributed by atoms with van der Waals surface area (Å²) in [7, 11) is 0. The van der Waals surface area contributed by atoms with Crippen LogP contribution in [0.3, 0.4) is 0 Å². The molecule has 30 heavy (non-hydrogen) atoms. The van der Waals surface area contributed by atoms with E-state index in [1.54, 1.807) is 23.1 Å². The zero-order chi connectivity index (χ0) is 19.7. The third-order valence-electron chi connectivity index (χ3n) is 5.04.